The van der Waals surface area contributed by atoms with Crippen LogP contribution < -0.4 is 16.4 Å². The van der Waals surface area contributed by atoms with E-state index < -0.39 is 18.4 Å². The number of fused-ring (bicyclic) bond motifs is 1. The molecule has 2 aromatic rings. The van der Waals surface area contributed by atoms with Crippen molar-refractivity contribution in [1.29, 1.82) is 0 Å². The number of anilines is 2. The molecule has 1 aromatic carbocycles. The number of rotatable bonds is 9. The van der Waals surface area contributed by atoms with E-state index in [0.29, 0.717) is 37.0 Å². The van der Waals surface area contributed by atoms with Crippen LogP contribution in [0.25, 0.3) is 10.4 Å². The number of nitrogens with two attached hydrogens (primary N) is 1. The number of benzene rings is 1. The van der Waals surface area contributed by atoms with Gasteiger partial charge in [-0.05, 0) is 42.2 Å². The Bertz CT molecular complexity index is 984. The van der Waals surface area contributed by atoms with Gasteiger partial charge in [0.25, 0.3) is 0 Å². The van der Waals surface area contributed by atoms with Crippen LogP contribution in [0.15, 0.2) is 48.2 Å². The Morgan fingerprint density at radius 3 is 2.94 bits per heavy atom. The van der Waals surface area contributed by atoms with Gasteiger partial charge in [-0.1, -0.05) is 29.6 Å². The summed E-state index contributed by atoms with van der Waals surface area (Å²) >= 11 is 1.45. The zero-order valence-corrected chi connectivity index (χ0v) is 17.3. The first-order valence-electron chi connectivity index (χ1n) is 9.64. The molecule has 5 nitrogen and oxygen atoms in total. The third-order valence-corrected chi connectivity index (χ3v) is 5.67. The Labute approximate surface area is 181 Å². The molecule has 0 saturated carbocycles. The summed E-state index contributed by atoms with van der Waals surface area (Å²) in [6.07, 6.45) is 1.08. The molecule has 1 unspecified atom stereocenters. The summed E-state index contributed by atoms with van der Waals surface area (Å²) in [6.45, 7) is -0.755. The minimum absolute atomic E-state index is 0.0179. The summed E-state index contributed by atoms with van der Waals surface area (Å²) in [7, 11) is 0. The van der Waals surface area contributed by atoms with Gasteiger partial charge >= 0.3 is 6.18 Å². The van der Waals surface area contributed by atoms with E-state index in [4.69, 9.17) is 5.73 Å². The first-order valence-corrected chi connectivity index (χ1v) is 10.5. The van der Waals surface area contributed by atoms with Crippen LogP contribution in [-0.4, -0.2) is 36.3 Å². The highest BCUT2D eigenvalue weighted by Crippen LogP contribution is 2.33. The van der Waals surface area contributed by atoms with E-state index in [2.05, 4.69) is 15.6 Å². The zero-order valence-electron chi connectivity index (χ0n) is 16.5. The molecule has 1 amide bonds. The predicted molar refractivity (Wildman–Crippen MR) is 115 cm³/mol. The normalized spacial score (nSPS) is 15.3. The third-order valence-electron chi connectivity index (χ3n) is 4.66. The van der Waals surface area contributed by atoms with E-state index in [0.717, 1.165) is 27.8 Å². The molecule has 0 aliphatic carbocycles. The molecule has 0 bridgehead atoms. The lowest BCUT2D eigenvalue weighted by Crippen LogP contribution is -2.28. The SMILES string of the molecule is NC(CC/C=C\C(=C/CF)C(F)(F)F)CNc1ncc(-c2ccc3c(c2)CC(=O)N3)s1. The van der Waals surface area contributed by atoms with Gasteiger partial charge < -0.3 is 16.4 Å². The van der Waals surface area contributed by atoms with E-state index in [1.165, 1.54) is 17.4 Å². The second-order valence-corrected chi connectivity index (χ2v) is 8.09. The van der Waals surface area contributed by atoms with E-state index >= 15 is 0 Å². The summed E-state index contributed by atoms with van der Waals surface area (Å²) in [6, 6.07) is 5.48. The second-order valence-electron chi connectivity index (χ2n) is 7.06. The Balaban J connectivity index is 1.47. The van der Waals surface area contributed by atoms with Crippen molar-refractivity contribution in [3.63, 3.8) is 0 Å². The van der Waals surface area contributed by atoms with Crippen LogP contribution in [0.1, 0.15) is 18.4 Å². The van der Waals surface area contributed by atoms with Gasteiger partial charge in [0.1, 0.15) is 6.67 Å². The van der Waals surface area contributed by atoms with E-state index in [1.54, 1.807) is 6.20 Å². The van der Waals surface area contributed by atoms with Gasteiger partial charge in [-0.25, -0.2) is 9.37 Å². The molecule has 4 N–H and O–H groups in total. The number of thiazole rings is 1. The summed E-state index contributed by atoms with van der Waals surface area (Å²) < 4.78 is 50.2. The smallest absolute Gasteiger partial charge is 0.360 e. The number of hydrogen-bond acceptors (Lipinski definition) is 5. The van der Waals surface area contributed by atoms with Gasteiger partial charge in [0.15, 0.2) is 5.13 Å². The number of amides is 1. The molecular weight excluding hydrogens is 432 g/mol. The second kappa shape index (κ2) is 10.1. The largest absolute Gasteiger partial charge is 0.416 e. The highest BCUT2D eigenvalue weighted by molar-refractivity contribution is 7.18. The molecule has 2 heterocycles. The molecular formula is C21H22F4N4OS. The molecule has 10 heteroatoms. The Morgan fingerprint density at radius 2 is 2.19 bits per heavy atom. The van der Waals surface area contributed by atoms with Crippen molar-refractivity contribution in [2.75, 3.05) is 23.9 Å². The van der Waals surface area contributed by atoms with Crippen molar-refractivity contribution >= 4 is 28.1 Å². The van der Waals surface area contributed by atoms with Crippen LogP contribution in [0.4, 0.5) is 28.4 Å². The van der Waals surface area contributed by atoms with Crippen molar-refractivity contribution in [3.05, 3.63) is 53.8 Å². The Morgan fingerprint density at radius 1 is 1.39 bits per heavy atom. The number of nitrogens with zero attached hydrogens (tertiary/aromatic N) is 1. The van der Waals surface area contributed by atoms with Crippen LogP contribution in [0, 0.1) is 0 Å². The first-order chi connectivity index (χ1) is 14.8. The molecule has 0 saturated heterocycles. The fourth-order valence-corrected chi connectivity index (χ4v) is 3.89. The minimum Gasteiger partial charge on any atom is -0.360 e. The van der Waals surface area contributed by atoms with Crippen molar-refractivity contribution in [2.45, 2.75) is 31.5 Å². The summed E-state index contributed by atoms with van der Waals surface area (Å²) in [5, 5.41) is 6.62. The topological polar surface area (TPSA) is 80.0 Å². The Hall–Kier alpha value is -2.72. The standard InChI is InChI=1S/C21H22F4N4OS/c22-8-7-15(21(23,24)25)3-1-2-4-16(26)11-27-20-28-12-18(31-20)13-5-6-17-14(9-13)10-19(30)29-17/h1,3,5-7,9,12,16H,2,4,8,10-11,26H2,(H,27,28)(H,29,30)/b3-1-,15-7+. The first kappa shape index (κ1) is 23.0. The monoisotopic (exact) mass is 454 g/mol. The van der Waals surface area contributed by atoms with Crippen molar-refractivity contribution < 1.29 is 22.4 Å². The average molecular weight is 454 g/mol. The summed E-state index contributed by atoms with van der Waals surface area (Å²) in [5.74, 6) is -0.0179. The van der Waals surface area contributed by atoms with Crippen LogP contribution in [0.3, 0.4) is 0 Å². The number of carbonyl (C=O) groups is 1. The van der Waals surface area contributed by atoms with Gasteiger partial charge in [0.2, 0.25) is 5.91 Å². The quantitative estimate of drug-likeness (QED) is 0.374. The molecule has 3 rings (SSSR count). The molecule has 1 aliphatic heterocycles. The highest BCUT2D eigenvalue weighted by atomic mass is 32.1. The molecule has 0 spiro atoms. The number of allylic oxidation sites excluding steroid dienone is 4. The highest BCUT2D eigenvalue weighted by Gasteiger charge is 2.31. The third kappa shape index (κ3) is 6.38. The fraction of sp³-hybridized carbons (Fsp3) is 0.333. The Kier molecular flexibility index (Phi) is 7.45. The molecule has 0 radical (unpaired) electrons. The maximum absolute atomic E-state index is 12.7. The van der Waals surface area contributed by atoms with Gasteiger partial charge in [0, 0.05) is 24.5 Å². The maximum atomic E-state index is 12.7. The number of carbonyl (C=O) groups excluding carboxylic acids is 1. The van der Waals surface area contributed by atoms with Gasteiger partial charge in [-0.3, -0.25) is 4.79 Å². The maximum Gasteiger partial charge on any atom is 0.416 e. The van der Waals surface area contributed by atoms with Crippen LogP contribution >= 0.6 is 11.3 Å². The molecule has 0 fully saturated rings. The predicted octanol–water partition coefficient (Wildman–Crippen LogP) is 4.84. The molecule has 166 valence electrons. The fourth-order valence-electron chi connectivity index (χ4n) is 3.07. The number of halogens is 4. The average Bonchev–Trinajstić information content (AvgIpc) is 3.32. The molecule has 31 heavy (non-hydrogen) atoms. The lowest BCUT2D eigenvalue weighted by Gasteiger charge is -2.11. The van der Waals surface area contributed by atoms with Gasteiger partial charge in [0.05, 0.1) is 16.9 Å². The molecule has 1 aliphatic rings. The summed E-state index contributed by atoms with van der Waals surface area (Å²) in [5.41, 5.74) is 7.78. The summed E-state index contributed by atoms with van der Waals surface area (Å²) in [4.78, 5) is 16.8. The lowest BCUT2D eigenvalue weighted by molar-refractivity contribution is -0.115. The number of nitrogens with one attached hydrogen (secondary N) is 2. The van der Waals surface area contributed by atoms with E-state index in [9.17, 15) is 22.4 Å². The van der Waals surface area contributed by atoms with Gasteiger partial charge in [-0.15, -0.1) is 0 Å². The van der Waals surface area contributed by atoms with Crippen molar-refractivity contribution in [1.82, 2.24) is 4.98 Å². The van der Waals surface area contributed by atoms with Gasteiger partial charge in [-0.2, -0.15) is 13.2 Å². The van der Waals surface area contributed by atoms with Crippen LogP contribution in [0.5, 0.6) is 0 Å². The number of alkyl halides is 4. The number of aromatic nitrogens is 1. The van der Waals surface area contributed by atoms with E-state index in [-0.39, 0.29) is 11.9 Å². The van der Waals surface area contributed by atoms with Crippen LogP contribution in [-0.2, 0) is 11.2 Å². The molecule has 1 atom stereocenters. The molecule has 1 aromatic heterocycles. The van der Waals surface area contributed by atoms with Crippen molar-refractivity contribution in [2.24, 2.45) is 5.73 Å². The minimum atomic E-state index is -4.57. The zero-order chi connectivity index (χ0) is 22.4. The number of hydrogen-bond donors (Lipinski definition) is 3. The van der Waals surface area contributed by atoms with Crippen molar-refractivity contribution in [3.8, 4) is 10.4 Å². The van der Waals surface area contributed by atoms with Crippen LogP contribution in [0.2, 0.25) is 0 Å². The lowest BCUT2D eigenvalue weighted by atomic mass is 10.1. The van der Waals surface area contributed by atoms with E-state index in [1.807, 2.05) is 18.2 Å².